The number of rotatable bonds is 2. The van der Waals surface area contributed by atoms with Gasteiger partial charge in [0.1, 0.15) is 11.8 Å². The van der Waals surface area contributed by atoms with Gasteiger partial charge in [0.25, 0.3) is 0 Å². The fourth-order valence-electron chi connectivity index (χ4n) is 1.24. The second kappa shape index (κ2) is 4.48. The number of ether oxygens (including phenoxy) is 1. The van der Waals surface area contributed by atoms with Crippen LogP contribution in [0.15, 0.2) is 30.6 Å². The van der Waals surface area contributed by atoms with Crippen LogP contribution in [0.2, 0.25) is 0 Å². The Labute approximate surface area is 91.8 Å². The van der Waals surface area contributed by atoms with Gasteiger partial charge < -0.3 is 4.74 Å². The van der Waals surface area contributed by atoms with Crippen LogP contribution in [-0.2, 0) is 9.53 Å². The van der Waals surface area contributed by atoms with Crippen molar-refractivity contribution in [2.45, 2.75) is 0 Å². The molecule has 0 fully saturated rings. The van der Waals surface area contributed by atoms with Gasteiger partial charge in [-0.15, -0.1) is 10.2 Å². The van der Waals surface area contributed by atoms with Gasteiger partial charge in [0.2, 0.25) is 0 Å². The summed E-state index contributed by atoms with van der Waals surface area (Å²) in [5, 5.41) is 7.58. The maximum absolute atomic E-state index is 10.9. The van der Waals surface area contributed by atoms with Gasteiger partial charge in [0.05, 0.1) is 12.6 Å². The highest BCUT2D eigenvalue weighted by Crippen LogP contribution is 2.11. The van der Waals surface area contributed by atoms with Crippen molar-refractivity contribution in [1.29, 1.82) is 0 Å². The van der Waals surface area contributed by atoms with E-state index in [1.165, 1.54) is 19.5 Å². The molecule has 1 aromatic heterocycles. The molecule has 0 bridgehead atoms. The van der Waals surface area contributed by atoms with E-state index in [0.29, 0.717) is 0 Å². The first-order valence-electron chi connectivity index (χ1n) is 4.63. The Bertz CT molecular complexity index is 552. The molecule has 0 saturated heterocycles. The molecular weight excluding hydrogens is 206 g/mol. The van der Waals surface area contributed by atoms with Crippen LogP contribution in [0.5, 0.6) is 0 Å². The van der Waals surface area contributed by atoms with Crippen LogP contribution in [0, 0.1) is 0 Å². The van der Waals surface area contributed by atoms with Crippen molar-refractivity contribution in [2.75, 3.05) is 7.11 Å². The molecule has 0 amide bonds. The highest BCUT2D eigenvalue weighted by molar-refractivity contribution is 5.88. The third-order valence-corrected chi connectivity index (χ3v) is 2.03. The van der Waals surface area contributed by atoms with Crippen molar-refractivity contribution >= 4 is 23.1 Å². The highest BCUT2D eigenvalue weighted by atomic mass is 16.5. The summed E-state index contributed by atoms with van der Waals surface area (Å²) in [6.45, 7) is 0. The monoisotopic (exact) mass is 215 g/mol. The Morgan fingerprint density at radius 3 is 3.06 bits per heavy atom. The lowest BCUT2D eigenvalue weighted by Crippen LogP contribution is -1.93. The van der Waals surface area contributed by atoms with Gasteiger partial charge in [0, 0.05) is 6.08 Å². The maximum atomic E-state index is 10.9. The summed E-state index contributed by atoms with van der Waals surface area (Å²) in [5.74, 6) is -0.388. The molecule has 16 heavy (non-hydrogen) atoms. The first kappa shape index (κ1) is 10.2. The topological polar surface area (TPSA) is 65.0 Å². The minimum atomic E-state index is -0.388. The van der Waals surface area contributed by atoms with Crippen molar-refractivity contribution in [2.24, 2.45) is 0 Å². The summed E-state index contributed by atoms with van der Waals surface area (Å²) in [5.41, 5.74) is 2.32. The van der Waals surface area contributed by atoms with Crippen molar-refractivity contribution in [1.82, 2.24) is 15.2 Å². The van der Waals surface area contributed by atoms with Crippen LogP contribution in [0.25, 0.3) is 17.1 Å². The molecule has 0 aliphatic carbocycles. The number of methoxy groups -OCH3 is 1. The zero-order valence-corrected chi connectivity index (χ0v) is 8.62. The van der Waals surface area contributed by atoms with Gasteiger partial charge in [-0.25, -0.2) is 9.78 Å². The number of hydrogen-bond donors (Lipinski definition) is 0. The molecule has 2 rings (SSSR count). The molecule has 0 radical (unpaired) electrons. The third kappa shape index (κ3) is 2.20. The zero-order chi connectivity index (χ0) is 11.4. The van der Waals surface area contributed by atoms with Crippen molar-refractivity contribution in [3.8, 4) is 0 Å². The summed E-state index contributed by atoms with van der Waals surface area (Å²) in [7, 11) is 1.34. The minimum absolute atomic E-state index is 0.388. The predicted octanol–water partition coefficient (Wildman–Crippen LogP) is 1.21. The number of esters is 1. The van der Waals surface area contributed by atoms with E-state index in [1.807, 2.05) is 12.1 Å². The molecule has 1 aromatic carbocycles. The third-order valence-electron chi connectivity index (χ3n) is 2.03. The van der Waals surface area contributed by atoms with Gasteiger partial charge in [-0.2, -0.15) is 0 Å². The Kier molecular flexibility index (Phi) is 2.86. The smallest absolute Gasteiger partial charge is 0.330 e. The van der Waals surface area contributed by atoms with Crippen LogP contribution in [-0.4, -0.2) is 28.3 Å². The lowest BCUT2D eigenvalue weighted by atomic mass is 10.2. The molecule has 5 nitrogen and oxygen atoms in total. The first-order valence-corrected chi connectivity index (χ1v) is 4.63. The molecule has 0 spiro atoms. The van der Waals surface area contributed by atoms with Crippen LogP contribution in [0.3, 0.4) is 0 Å². The van der Waals surface area contributed by atoms with E-state index >= 15 is 0 Å². The van der Waals surface area contributed by atoms with E-state index in [4.69, 9.17) is 0 Å². The predicted molar refractivity (Wildman–Crippen MR) is 58.4 cm³/mol. The fraction of sp³-hybridized carbons (Fsp3) is 0.0909. The molecule has 80 valence electrons. The summed E-state index contributed by atoms with van der Waals surface area (Å²) in [4.78, 5) is 15.0. The van der Waals surface area contributed by atoms with E-state index in [1.54, 1.807) is 12.1 Å². The SMILES string of the molecule is COC(=O)/C=C\c1ccc2nncnc2c1. The summed E-state index contributed by atoms with van der Waals surface area (Å²) >= 11 is 0. The molecule has 0 aliphatic rings. The second-order valence-corrected chi connectivity index (χ2v) is 3.06. The Balaban J connectivity index is 2.33. The Morgan fingerprint density at radius 2 is 2.25 bits per heavy atom. The molecule has 0 N–H and O–H groups in total. The number of nitrogens with zero attached hydrogens (tertiary/aromatic N) is 3. The molecule has 0 atom stereocenters. The van der Waals surface area contributed by atoms with Gasteiger partial charge in [-0.1, -0.05) is 6.07 Å². The zero-order valence-electron chi connectivity index (χ0n) is 8.62. The summed E-state index contributed by atoms with van der Waals surface area (Å²) < 4.78 is 4.50. The lowest BCUT2D eigenvalue weighted by Gasteiger charge is -1.96. The first-order chi connectivity index (χ1) is 7.79. The van der Waals surface area contributed by atoms with Gasteiger partial charge >= 0.3 is 5.97 Å². The molecule has 1 heterocycles. The molecule has 2 aromatic rings. The number of hydrogen-bond acceptors (Lipinski definition) is 5. The van der Waals surface area contributed by atoms with Crippen LogP contribution in [0.1, 0.15) is 5.56 Å². The van der Waals surface area contributed by atoms with E-state index < -0.39 is 0 Å². The van der Waals surface area contributed by atoms with E-state index in [9.17, 15) is 4.79 Å². The fourth-order valence-corrected chi connectivity index (χ4v) is 1.24. The number of carbonyl (C=O) groups is 1. The van der Waals surface area contributed by atoms with Crippen LogP contribution >= 0.6 is 0 Å². The normalized spacial score (nSPS) is 10.8. The summed E-state index contributed by atoms with van der Waals surface area (Å²) in [6, 6.07) is 5.45. The average Bonchev–Trinajstić information content (AvgIpc) is 2.35. The van der Waals surface area contributed by atoms with Gasteiger partial charge in [0.15, 0.2) is 0 Å². The standard InChI is InChI=1S/C11H9N3O2/c1-16-11(15)5-3-8-2-4-9-10(6-8)12-7-13-14-9/h2-7H,1H3/b5-3-. The lowest BCUT2D eigenvalue weighted by molar-refractivity contribution is -0.134. The minimum Gasteiger partial charge on any atom is -0.466 e. The summed E-state index contributed by atoms with van der Waals surface area (Å²) in [6.07, 6.45) is 4.40. The van der Waals surface area contributed by atoms with E-state index in [2.05, 4.69) is 19.9 Å². The Hall–Kier alpha value is -2.30. The van der Waals surface area contributed by atoms with E-state index in [0.717, 1.165) is 16.6 Å². The quantitative estimate of drug-likeness (QED) is 0.556. The van der Waals surface area contributed by atoms with Gasteiger partial charge in [-0.3, -0.25) is 0 Å². The van der Waals surface area contributed by atoms with Gasteiger partial charge in [-0.05, 0) is 23.8 Å². The molecule has 0 saturated carbocycles. The Morgan fingerprint density at radius 1 is 1.38 bits per heavy atom. The van der Waals surface area contributed by atoms with Crippen molar-refractivity contribution in [3.05, 3.63) is 36.2 Å². The maximum Gasteiger partial charge on any atom is 0.330 e. The molecule has 0 aliphatic heterocycles. The molecule has 0 unspecified atom stereocenters. The van der Waals surface area contributed by atoms with E-state index in [-0.39, 0.29) is 5.97 Å². The highest BCUT2D eigenvalue weighted by Gasteiger charge is 1.97. The van der Waals surface area contributed by atoms with Crippen molar-refractivity contribution in [3.63, 3.8) is 0 Å². The largest absolute Gasteiger partial charge is 0.466 e. The number of aromatic nitrogens is 3. The van der Waals surface area contributed by atoms with Crippen LogP contribution < -0.4 is 0 Å². The van der Waals surface area contributed by atoms with Crippen LogP contribution in [0.4, 0.5) is 0 Å². The molecule has 5 heteroatoms. The molecular formula is C11H9N3O2. The second-order valence-electron chi connectivity index (χ2n) is 3.06. The number of carbonyl (C=O) groups excluding carboxylic acids is 1. The van der Waals surface area contributed by atoms with Crippen molar-refractivity contribution < 1.29 is 9.53 Å². The number of fused-ring (bicyclic) bond motifs is 1. The average molecular weight is 215 g/mol. The number of benzene rings is 1.